The summed E-state index contributed by atoms with van der Waals surface area (Å²) in [6, 6.07) is 16.4. The van der Waals surface area contributed by atoms with E-state index in [9.17, 15) is 4.79 Å². The SMILES string of the molecule is O=C(OCc1ccccc1)c1ccccc1Cl. The summed E-state index contributed by atoms with van der Waals surface area (Å²) in [5.74, 6) is -0.403. The number of rotatable bonds is 3. The molecular formula is C14H11ClO2. The van der Waals surface area contributed by atoms with E-state index in [1.165, 1.54) is 0 Å². The summed E-state index contributed by atoms with van der Waals surface area (Å²) in [6.07, 6.45) is 0. The van der Waals surface area contributed by atoms with Crippen molar-refractivity contribution in [2.24, 2.45) is 0 Å². The highest BCUT2D eigenvalue weighted by Gasteiger charge is 2.10. The third-order valence-corrected chi connectivity index (χ3v) is 2.64. The molecule has 0 heterocycles. The minimum atomic E-state index is -0.403. The number of hydrogen-bond donors (Lipinski definition) is 0. The molecule has 0 amide bonds. The van der Waals surface area contributed by atoms with Gasteiger partial charge in [-0.05, 0) is 17.7 Å². The van der Waals surface area contributed by atoms with Crippen LogP contribution in [-0.2, 0) is 11.3 Å². The van der Waals surface area contributed by atoms with Gasteiger partial charge in [0.05, 0.1) is 10.6 Å². The molecule has 0 spiro atoms. The number of carbonyl (C=O) groups excluding carboxylic acids is 1. The fourth-order valence-electron chi connectivity index (χ4n) is 1.43. The van der Waals surface area contributed by atoms with Gasteiger partial charge in [0.1, 0.15) is 6.61 Å². The predicted molar refractivity (Wildman–Crippen MR) is 67.0 cm³/mol. The second-order valence-corrected chi connectivity index (χ2v) is 3.95. The molecule has 0 aliphatic rings. The molecule has 0 unspecified atom stereocenters. The number of benzene rings is 2. The first kappa shape index (κ1) is 11.7. The zero-order chi connectivity index (χ0) is 12.1. The lowest BCUT2D eigenvalue weighted by Gasteiger charge is -2.05. The molecule has 3 heteroatoms. The lowest BCUT2D eigenvalue weighted by molar-refractivity contribution is 0.0473. The van der Waals surface area contributed by atoms with Crippen molar-refractivity contribution in [2.45, 2.75) is 6.61 Å². The van der Waals surface area contributed by atoms with Gasteiger partial charge in [0.25, 0.3) is 0 Å². The molecule has 17 heavy (non-hydrogen) atoms. The normalized spacial score (nSPS) is 9.94. The molecule has 0 radical (unpaired) electrons. The maximum absolute atomic E-state index is 11.7. The van der Waals surface area contributed by atoms with Crippen LogP contribution in [0.1, 0.15) is 15.9 Å². The Bertz CT molecular complexity index is 509. The lowest BCUT2D eigenvalue weighted by atomic mass is 10.2. The fraction of sp³-hybridized carbons (Fsp3) is 0.0714. The molecule has 86 valence electrons. The zero-order valence-corrected chi connectivity index (χ0v) is 9.85. The second kappa shape index (κ2) is 5.51. The van der Waals surface area contributed by atoms with E-state index in [1.807, 2.05) is 30.3 Å². The lowest BCUT2D eigenvalue weighted by Crippen LogP contribution is -2.05. The minimum absolute atomic E-state index is 0.255. The van der Waals surface area contributed by atoms with Crippen molar-refractivity contribution in [1.29, 1.82) is 0 Å². The van der Waals surface area contributed by atoms with E-state index in [1.54, 1.807) is 24.3 Å². The summed E-state index contributed by atoms with van der Waals surface area (Å²) < 4.78 is 5.17. The topological polar surface area (TPSA) is 26.3 Å². The Balaban J connectivity index is 2.01. The highest BCUT2D eigenvalue weighted by atomic mass is 35.5. The molecule has 2 rings (SSSR count). The fourth-order valence-corrected chi connectivity index (χ4v) is 1.64. The van der Waals surface area contributed by atoms with Crippen LogP contribution in [0.4, 0.5) is 0 Å². The van der Waals surface area contributed by atoms with Crippen LogP contribution in [0.15, 0.2) is 54.6 Å². The van der Waals surface area contributed by atoms with Crippen molar-refractivity contribution in [3.8, 4) is 0 Å². The van der Waals surface area contributed by atoms with Gasteiger partial charge in [-0.25, -0.2) is 4.79 Å². The molecule has 0 fully saturated rings. The van der Waals surface area contributed by atoms with Crippen LogP contribution in [-0.4, -0.2) is 5.97 Å². The van der Waals surface area contributed by atoms with E-state index in [-0.39, 0.29) is 6.61 Å². The van der Waals surface area contributed by atoms with E-state index in [0.717, 1.165) is 5.56 Å². The van der Waals surface area contributed by atoms with Crippen molar-refractivity contribution < 1.29 is 9.53 Å². The number of hydrogen-bond acceptors (Lipinski definition) is 2. The Morgan fingerprint density at radius 1 is 1.00 bits per heavy atom. The summed E-state index contributed by atoms with van der Waals surface area (Å²) in [5, 5.41) is 0.408. The molecule has 0 atom stereocenters. The van der Waals surface area contributed by atoms with Crippen LogP contribution in [0.3, 0.4) is 0 Å². The first-order valence-corrected chi connectivity index (χ1v) is 5.61. The Labute approximate surface area is 105 Å². The molecule has 0 aliphatic heterocycles. The maximum Gasteiger partial charge on any atom is 0.339 e. The molecule has 0 aromatic heterocycles. The smallest absolute Gasteiger partial charge is 0.339 e. The molecule has 0 aliphatic carbocycles. The molecule has 2 nitrogen and oxygen atoms in total. The van der Waals surface area contributed by atoms with Gasteiger partial charge in [0, 0.05) is 0 Å². The summed E-state index contributed by atoms with van der Waals surface area (Å²) in [7, 11) is 0. The minimum Gasteiger partial charge on any atom is -0.457 e. The van der Waals surface area contributed by atoms with Crippen molar-refractivity contribution in [1.82, 2.24) is 0 Å². The molecule has 0 N–H and O–H groups in total. The second-order valence-electron chi connectivity index (χ2n) is 3.54. The van der Waals surface area contributed by atoms with E-state index in [2.05, 4.69) is 0 Å². The monoisotopic (exact) mass is 246 g/mol. The quantitative estimate of drug-likeness (QED) is 0.772. The van der Waals surface area contributed by atoms with Gasteiger partial charge in [-0.3, -0.25) is 0 Å². The van der Waals surface area contributed by atoms with Crippen LogP contribution >= 0.6 is 11.6 Å². The number of esters is 1. The van der Waals surface area contributed by atoms with Gasteiger partial charge in [-0.1, -0.05) is 54.1 Å². The first-order valence-electron chi connectivity index (χ1n) is 5.23. The van der Waals surface area contributed by atoms with Gasteiger partial charge >= 0.3 is 5.97 Å². The summed E-state index contributed by atoms with van der Waals surface area (Å²) in [6.45, 7) is 0.255. The summed E-state index contributed by atoms with van der Waals surface area (Å²) in [5.41, 5.74) is 1.35. The first-order chi connectivity index (χ1) is 8.27. The standard InChI is InChI=1S/C14H11ClO2/c15-13-9-5-4-8-12(13)14(16)17-10-11-6-2-1-3-7-11/h1-9H,10H2. The molecule has 0 saturated heterocycles. The van der Waals surface area contributed by atoms with Crippen molar-refractivity contribution in [2.75, 3.05) is 0 Å². The predicted octanol–water partition coefficient (Wildman–Crippen LogP) is 3.70. The van der Waals surface area contributed by atoms with Gasteiger partial charge < -0.3 is 4.74 Å². The Kier molecular flexibility index (Phi) is 3.78. The molecule has 0 bridgehead atoms. The average molecular weight is 247 g/mol. The van der Waals surface area contributed by atoms with Crippen LogP contribution in [0, 0.1) is 0 Å². The van der Waals surface area contributed by atoms with Crippen LogP contribution in [0.2, 0.25) is 5.02 Å². The van der Waals surface area contributed by atoms with Crippen LogP contribution in [0.25, 0.3) is 0 Å². The van der Waals surface area contributed by atoms with Gasteiger partial charge in [-0.15, -0.1) is 0 Å². The van der Waals surface area contributed by atoms with E-state index in [4.69, 9.17) is 16.3 Å². The summed E-state index contributed by atoms with van der Waals surface area (Å²) in [4.78, 5) is 11.7. The molecule has 2 aromatic carbocycles. The van der Waals surface area contributed by atoms with Crippen LogP contribution < -0.4 is 0 Å². The third kappa shape index (κ3) is 3.08. The third-order valence-electron chi connectivity index (χ3n) is 2.31. The van der Waals surface area contributed by atoms with Gasteiger partial charge in [0.2, 0.25) is 0 Å². The van der Waals surface area contributed by atoms with E-state index in [0.29, 0.717) is 10.6 Å². The highest BCUT2D eigenvalue weighted by Crippen LogP contribution is 2.16. The molecular weight excluding hydrogens is 236 g/mol. The van der Waals surface area contributed by atoms with Gasteiger partial charge in [-0.2, -0.15) is 0 Å². The largest absolute Gasteiger partial charge is 0.457 e. The van der Waals surface area contributed by atoms with Crippen molar-refractivity contribution in [3.05, 3.63) is 70.7 Å². The number of halogens is 1. The van der Waals surface area contributed by atoms with E-state index < -0.39 is 5.97 Å². The maximum atomic E-state index is 11.7. The zero-order valence-electron chi connectivity index (χ0n) is 9.10. The Hall–Kier alpha value is -1.80. The Morgan fingerprint density at radius 3 is 2.35 bits per heavy atom. The average Bonchev–Trinajstić information content (AvgIpc) is 2.38. The van der Waals surface area contributed by atoms with Gasteiger partial charge in [0.15, 0.2) is 0 Å². The molecule has 2 aromatic rings. The van der Waals surface area contributed by atoms with Crippen LogP contribution in [0.5, 0.6) is 0 Å². The van der Waals surface area contributed by atoms with Crippen molar-refractivity contribution >= 4 is 17.6 Å². The van der Waals surface area contributed by atoms with E-state index >= 15 is 0 Å². The van der Waals surface area contributed by atoms with Crippen molar-refractivity contribution in [3.63, 3.8) is 0 Å². The number of ether oxygens (including phenoxy) is 1. The highest BCUT2D eigenvalue weighted by molar-refractivity contribution is 6.33. The Morgan fingerprint density at radius 2 is 1.65 bits per heavy atom. The molecule has 0 saturated carbocycles. The number of carbonyl (C=O) groups is 1. The summed E-state index contributed by atoms with van der Waals surface area (Å²) >= 11 is 5.90.